The Morgan fingerprint density at radius 1 is 1.12 bits per heavy atom. The first-order valence-corrected chi connectivity index (χ1v) is 11.0. The average molecular weight is 498 g/mol. The van der Waals surface area contributed by atoms with Crippen LogP contribution in [0, 0.1) is 21.7 Å². The van der Waals surface area contributed by atoms with Crippen LogP contribution in [0.5, 0.6) is 0 Å². The number of ether oxygens (including phenoxy) is 1. The SMILES string of the molecule is O=C(COC(=O)c1ccc(NS(=O)(=O)c2ccc(F)c(F)c2)cc1)Nc1ncc([N+](=O)[O-])s1. The largest absolute Gasteiger partial charge is 0.452 e. The van der Waals surface area contributed by atoms with Gasteiger partial charge in [0.25, 0.3) is 15.9 Å². The summed E-state index contributed by atoms with van der Waals surface area (Å²) in [4.78, 5) is 36.9. The smallest absolute Gasteiger partial charge is 0.345 e. The lowest BCUT2D eigenvalue weighted by molar-refractivity contribution is -0.380. The van der Waals surface area contributed by atoms with Gasteiger partial charge in [-0.25, -0.2) is 27.0 Å². The Morgan fingerprint density at radius 2 is 1.82 bits per heavy atom. The van der Waals surface area contributed by atoms with Gasteiger partial charge < -0.3 is 4.74 Å². The third-order valence-corrected chi connectivity index (χ3v) is 6.07. The topological polar surface area (TPSA) is 158 Å². The molecule has 0 aliphatic heterocycles. The van der Waals surface area contributed by atoms with E-state index in [0.29, 0.717) is 23.5 Å². The molecule has 0 aliphatic rings. The lowest BCUT2D eigenvalue weighted by Crippen LogP contribution is -2.20. The first-order valence-electron chi connectivity index (χ1n) is 8.70. The van der Waals surface area contributed by atoms with Crippen LogP contribution >= 0.6 is 11.3 Å². The lowest BCUT2D eigenvalue weighted by Gasteiger charge is -2.09. The van der Waals surface area contributed by atoms with Crippen molar-refractivity contribution in [3.05, 3.63) is 76.0 Å². The summed E-state index contributed by atoms with van der Waals surface area (Å²) in [5.41, 5.74) is 0.0165. The third kappa shape index (κ3) is 6.05. The van der Waals surface area contributed by atoms with Gasteiger partial charge in [-0.2, -0.15) is 0 Å². The van der Waals surface area contributed by atoms with Crippen LogP contribution < -0.4 is 10.0 Å². The molecule has 0 atom stereocenters. The quantitative estimate of drug-likeness (QED) is 0.273. The van der Waals surface area contributed by atoms with Crippen LogP contribution in [0.25, 0.3) is 0 Å². The molecule has 11 nitrogen and oxygen atoms in total. The van der Waals surface area contributed by atoms with E-state index in [9.17, 15) is 36.9 Å². The van der Waals surface area contributed by atoms with E-state index in [1.807, 2.05) is 0 Å². The van der Waals surface area contributed by atoms with Crippen molar-refractivity contribution in [2.75, 3.05) is 16.6 Å². The van der Waals surface area contributed by atoms with Crippen molar-refractivity contribution in [3.63, 3.8) is 0 Å². The van der Waals surface area contributed by atoms with Crippen LogP contribution in [0.4, 0.5) is 24.6 Å². The molecule has 33 heavy (non-hydrogen) atoms. The molecule has 0 saturated carbocycles. The van der Waals surface area contributed by atoms with Gasteiger partial charge in [0.1, 0.15) is 6.20 Å². The zero-order valence-electron chi connectivity index (χ0n) is 16.2. The number of esters is 1. The number of hydrogen-bond acceptors (Lipinski definition) is 9. The molecule has 0 bridgehead atoms. The molecular weight excluding hydrogens is 486 g/mol. The Morgan fingerprint density at radius 3 is 2.42 bits per heavy atom. The predicted octanol–water partition coefficient (Wildman–Crippen LogP) is 2.93. The van der Waals surface area contributed by atoms with Crippen molar-refractivity contribution in [2.45, 2.75) is 4.90 Å². The monoisotopic (exact) mass is 498 g/mol. The minimum absolute atomic E-state index is 0.0107. The number of nitrogens with one attached hydrogen (secondary N) is 2. The Bertz CT molecular complexity index is 1330. The third-order valence-electron chi connectivity index (χ3n) is 3.83. The van der Waals surface area contributed by atoms with Gasteiger partial charge in [-0.05, 0) is 53.8 Å². The van der Waals surface area contributed by atoms with Crippen molar-refractivity contribution in [1.82, 2.24) is 4.98 Å². The van der Waals surface area contributed by atoms with E-state index >= 15 is 0 Å². The van der Waals surface area contributed by atoms with Crippen molar-refractivity contribution in [3.8, 4) is 0 Å². The molecule has 1 heterocycles. The van der Waals surface area contributed by atoms with Gasteiger partial charge in [-0.15, -0.1) is 0 Å². The summed E-state index contributed by atoms with van der Waals surface area (Å²) in [6.07, 6.45) is 0.967. The van der Waals surface area contributed by atoms with Gasteiger partial charge in [0.05, 0.1) is 15.4 Å². The van der Waals surface area contributed by atoms with E-state index in [1.54, 1.807) is 0 Å². The molecular formula is C18H12F2N4O7S2. The minimum atomic E-state index is -4.21. The number of anilines is 2. The van der Waals surface area contributed by atoms with Crippen LogP contribution in [0.1, 0.15) is 10.4 Å². The highest BCUT2D eigenvalue weighted by Gasteiger charge is 2.18. The van der Waals surface area contributed by atoms with Gasteiger partial charge in [-0.1, -0.05) is 0 Å². The number of carbonyl (C=O) groups is 2. The number of thiazole rings is 1. The molecule has 1 amide bonds. The van der Waals surface area contributed by atoms with Gasteiger partial charge in [0.2, 0.25) is 0 Å². The van der Waals surface area contributed by atoms with E-state index in [1.165, 1.54) is 24.3 Å². The zero-order chi connectivity index (χ0) is 24.2. The first kappa shape index (κ1) is 23.7. The number of amides is 1. The predicted molar refractivity (Wildman–Crippen MR) is 111 cm³/mol. The number of aromatic nitrogens is 1. The van der Waals surface area contributed by atoms with E-state index in [-0.39, 0.29) is 21.4 Å². The lowest BCUT2D eigenvalue weighted by atomic mass is 10.2. The zero-order valence-corrected chi connectivity index (χ0v) is 17.8. The van der Waals surface area contributed by atoms with Gasteiger partial charge >= 0.3 is 11.0 Å². The van der Waals surface area contributed by atoms with E-state index < -0.39 is 50.0 Å². The van der Waals surface area contributed by atoms with Crippen LogP contribution in [0.3, 0.4) is 0 Å². The van der Waals surface area contributed by atoms with Crippen LogP contribution in [-0.4, -0.2) is 36.8 Å². The number of nitro groups is 1. The molecule has 0 spiro atoms. The maximum Gasteiger partial charge on any atom is 0.345 e. The molecule has 0 aliphatic carbocycles. The molecule has 0 saturated heterocycles. The Kier molecular flexibility index (Phi) is 6.93. The molecule has 2 N–H and O–H groups in total. The Balaban J connectivity index is 1.56. The second-order valence-electron chi connectivity index (χ2n) is 6.14. The summed E-state index contributed by atoms with van der Waals surface area (Å²) in [7, 11) is -4.21. The fourth-order valence-electron chi connectivity index (χ4n) is 2.31. The molecule has 0 radical (unpaired) electrons. The number of hydrogen-bond donors (Lipinski definition) is 2. The molecule has 2 aromatic carbocycles. The summed E-state index contributed by atoms with van der Waals surface area (Å²) in [5, 5.41) is 12.5. The Hall–Kier alpha value is -3.98. The highest BCUT2D eigenvalue weighted by atomic mass is 32.2. The number of rotatable bonds is 8. The average Bonchev–Trinajstić information content (AvgIpc) is 3.23. The maximum atomic E-state index is 13.3. The number of carbonyl (C=O) groups excluding carboxylic acids is 2. The number of nitrogens with zero attached hydrogens (tertiary/aromatic N) is 2. The second-order valence-corrected chi connectivity index (χ2v) is 8.84. The van der Waals surface area contributed by atoms with Crippen molar-refractivity contribution in [2.24, 2.45) is 0 Å². The van der Waals surface area contributed by atoms with Crippen LogP contribution in [0.2, 0.25) is 0 Å². The van der Waals surface area contributed by atoms with E-state index in [2.05, 4.69) is 15.0 Å². The summed E-state index contributed by atoms with van der Waals surface area (Å²) in [6.45, 7) is -0.698. The molecule has 15 heteroatoms. The standard InChI is InChI=1S/C18H12F2N4O7S2/c19-13-6-5-12(7-14(13)20)33(29,30)23-11-3-1-10(2-4-11)17(26)31-9-15(25)22-18-21-8-16(32-18)24(27)28/h1-8,23H,9H2,(H,21,22,25). The number of benzene rings is 2. The summed E-state index contributed by atoms with van der Waals surface area (Å²) in [6, 6.07) is 6.97. The van der Waals surface area contributed by atoms with Crippen LogP contribution in [-0.2, 0) is 19.6 Å². The molecule has 3 aromatic rings. The first-order chi connectivity index (χ1) is 15.5. The van der Waals surface area contributed by atoms with E-state index in [0.717, 1.165) is 12.3 Å². The van der Waals surface area contributed by atoms with Gasteiger partial charge in [-0.3, -0.25) is 24.9 Å². The Labute approximate surface area is 188 Å². The fourth-order valence-corrected chi connectivity index (χ4v) is 4.03. The number of halogens is 2. The van der Waals surface area contributed by atoms with E-state index in [4.69, 9.17) is 4.74 Å². The summed E-state index contributed by atoms with van der Waals surface area (Å²) >= 11 is 0.628. The maximum absolute atomic E-state index is 13.3. The van der Waals surface area contributed by atoms with Crippen molar-refractivity contribution in [1.29, 1.82) is 0 Å². The fraction of sp³-hybridized carbons (Fsp3) is 0.0556. The molecule has 3 rings (SSSR count). The summed E-state index contributed by atoms with van der Waals surface area (Å²) in [5.74, 6) is -4.19. The molecule has 1 aromatic heterocycles. The number of sulfonamides is 1. The van der Waals surface area contributed by atoms with Gasteiger partial charge in [0, 0.05) is 5.69 Å². The second kappa shape index (κ2) is 9.66. The highest BCUT2D eigenvalue weighted by Crippen LogP contribution is 2.25. The molecule has 172 valence electrons. The van der Waals surface area contributed by atoms with Gasteiger partial charge in [0.15, 0.2) is 23.4 Å². The van der Waals surface area contributed by atoms with Crippen molar-refractivity contribution < 1.29 is 36.4 Å². The van der Waals surface area contributed by atoms with Crippen molar-refractivity contribution >= 4 is 49.1 Å². The highest BCUT2D eigenvalue weighted by molar-refractivity contribution is 7.92. The molecule has 0 unspecified atom stereocenters. The van der Waals surface area contributed by atoms with Crippen LogP contribution in [0.15, 0.2) is 53.6 Å². The molecule has 0 fully saturated rings. The summed E-state index contributed by atoms with van der Waals surface area (Å²) < 4.78 is 57.8. The minimum Gasteiger partial charge on any atom is -0.452 e. The normalized spacial score (nSPS) is 11.0.